The van der Waals surface area contributed by atoms with Gasteiger partial charge < -0.3 is 15.3 Å². The summed E-state index contributed by atoms with van der Waals surface area (Å²) in [7, 11) is 0. The Kier molecular flexibility index (Phi) is 8.43. The van der Waals surface area contributed by atoms with Gasteiger partial charge in [-0.1, -0.05) is 10.2 Å². The molecule has 4 N–H and O–H groups in total. The van der Waals surface area contributed by atoms with Crippen LogP contribution >= 0.6 is 0 Å². The smallest absolute Gasteiger partial charge is 0.232 e. The standard InChI is InChI=1S/C8H13N7O5/c9-14-11-2-5(17)8(20)4(16)1-6(18)13-7(19)3-12-15-10/h4-5,8,16-17,20H,1-3H2,(H,13,18,19). The SMILES string of the molecule is [N-]=[N+]=NCC(=O)NC(=O)CC(O)C(O)C(O)CN=[N+]=[N-]. The first-order chi connectivity index (χ1) is 9.42. The Morgan fingerprint density at radius 1 is 1.05 bits per heavy atom. The maximum absolute atomic E-state index is 11.3. The van der Waals surface area contributed by atoms with Crippen molar-refractivity contribution in [2.75, 3.05) is 13.1 Å². The van der Waals surface area contributed by atoms with E-state index in [0.29, 0.717) is 0 Å². The quantitative estimate of drug-likeness (QED) is 0.244. The van der Waals surface area contributed by atoms with Crippen molar-refractivity contribution in [2.45, 2.75) is 24.7 Å². The van der Waals surface area contributed by atoms with Crippen LogP contribution in [-0.4, -0.2) is 58.5 Å². The number of nitrogens with zero attached hydrogens (tertiary/aromatic N) is 6. The van der Waals surface area contributed by atoms with Crippen molar-refractivity contribution < 1.29 is 24.9 Å². The number of carbonyl (C=O) groups is 2. The Balaban J connectivity index is 4.26. The van der Waals surface area contributed by atoms with Gasteiger partial charge in [-0.2, -0.15) is 0 Å². The molecule has 20 heavy (non-hydrogen) atoms. The lowest BCUT2D eigenvalue weighted by atomic mass is 10.1. The normalized spacial score (nSPS) is 14.2. The number of imide groups is 1. The molecule has 0 aliphatic carbocycles. The minimum Gasteiger partial charge on any atom is -0.390 e. The summed E-state index contributed by atoms with van der Waals surface area (Å²) in [5, 5.41) is 35.9. The number of aliphatic hydroxyl groups is 3. The Bertz CT molecular complexity index is 442. The van der Waals surface area contributed by atoms with E-state index in [2.05, 4.69) is 20.1 Å². The van der Waals surface area contributed by atoms with Crippen LogP contribution in [0.5, 0.6) is 0 Å². The fourth-order valence-electron chi connectivity index (χ4n) is 1.14. The first kappa shape index (κ1) is 17.6. The molecule has 3 unspecified atom stereocenters. The molecule has 0 aromatic rings. The average molecular weight is 287 g/mol. The second-order valence-electron chi connectivity index (χ2n) is 3.60. The highest BCUT2D eigenvalue weighted by Crippen LogP contribution is 2.05. The molecule has 0 rings (SSSR count). The number of hydrogen-bond donors (Lipinski definition) is 4. The van der Waals surface area contributed by atoms with Crippen molar-refractivity contribution in [2.24, 2.45) is 10.2 Å². The fraction of sp³-hybridized carbons (Fsp3) is 0.750. The van der Waals surface area contributed by atoms with E-state index in [0.717, 1.165) is 0 Å². The van der Waals surface area contributed by atoms with Gasteiger partial charge in [0.1, 0.15) is 12.6 Å². The van der Waals surface area contributed by atoms with E-state index in [9.17, 15) is 24.9 Å². The van der Waals surface area contributed by atoms with Crippen LogP contribution in [-0.2, 0) is 9.59 Å². The highest BCUT2D eigenvalue weighted by molar-refractivity contribution is 5.96. The summed E-state index contributed by atoms with van der Waals surface area (Å²) in [6.07, 6.45) is -5.60. The molecular formula is C8H13N7O5. The molecule has 0 aliphatic rings. The van der Waals surface area contributed by atoms with Crippen LogP contribution in [0.1, 0.15) is 6.42 Å². The van der Waals surface area contributed by atoms with Crippen molar-refractivity contribution in [3.8, 4) is 0 Å². The van der Waals surface area contributed by atoms with Gasteiger partial charge in [0.25, 0.3) is 0 Å². The van der Waals surface area contributed by atoms with E-state index in [4.69, 9.17) is 11.1 Å². The summed E-state index contributed by atoms with van der Waals surface area (Å²) >= 11 is 0. The van der Waals surface area contributed by atoms with Crippen LogP contribution in [0.25, 0.3) is 20.9 Å². The average Bonchev–Trinajstić information content (AvgIpc) is 2.41. The number of hydrogen-bond acceptors (Lipinski definition) is 7. The number of aliphatic hydroxyl groups excluding tert-OH is 3. The Hall–Kier alpha value is -2.36. The first-order valence-electron chi connectivity index (χ1n) is 5.31. The lowest BCUT2D eigenvalue weighted by molar-refractivity contribution is -0.133. The van der Waals surface area contributed by atoms with Crippen LogP contribution in [0.15, 0.2) is 10.2 Å². The predicted molar refractivity (Wildman–Crippen MR) is 63.8 cm³/mol. The van der Waals surface area contributed by atoms with Crippen LogP contribution in [0.3, 0.4) is 0 Å². The Labute approximate surface area is 112 Å². The summed E-state index contributed by atoms with van der Waals surface area (Å²) in [5.41, 5.74) is 16.0. The zero-order valence-electron chi connectivity index (χ0n) is 10.2. The van der Waals surface area contributed by atoms with Crippen LogP contribution in [0.4, 0.5) is 0 Å². The Morgan fingerprint density at radius 2 is 1.65 bits per heavy atom. The molecule has 3 atom stereocenters. The number of nitrogens with one attached hydrogen (secondary N) is 1. The second kappa shape index (κ2) is 9.55. The van der Waals surface area contributed by atoms with E-state index in [1.807, 2.05) is 0 Å². The number of amides is 2. The predicted octanol–water partition coefficient (Wildman–Crippen LogP) is -1.28. The molecule has 0 bridgehead atoms. The molecule has 110 valence electrons. The van der Waals surface area contributed by atoms with Gasteiger partial charge in [0.05, 0.1) is 25.2 Å². The zero-order chi connectivity index (χ0) is 15.5. The maximum Gasteiger partial charge on any atom is 0.232 e. The van der Waals surface area contributed by atoms with Crippen molar-refractivity contribution in [3.05, 3.63) is 20.9 Å². The van der Waals surface area contributed by atoms with E-state index >= 15 is 0 Å². The van der Waals surface area contributed by atoms with Crippen LogP contribution in [0, 0.1) is 0 Å². The first-order valence-corrected chi connectivity index (χ1v) is 5.31. The van der Waals surface area contributed by atoms with E-state index in [-0.39, 0.29) is 0 Å². The minimum atomic E-state index is -1.72. The van der Waals surface area contributed by atoms with E-state index in [1.165, 1.54) is 0 Å². The van der Waals surface area contributed by atoms with Gasteiger partial charge in [0.2, 0.25) is 11.8 Å². The highest BCUT2D eigenvalue weighted by Gasteiger charge is 2.26. The lowest BCUT2D eigenvalue weighted by Gasteiger charge is -2.21. The number of azide groups is 2. The van der Waals surface area contributed by atoms with Crippen molar-refractivity contribution in [1.29, 1.82) is 0 Å². The lowest BCUT2D eigenvalue weighted by Crippen LogP contribution is -2.43. The molecule has 0 aromatic carbocycles. The molecule has 0 heterocycles. The molecule has 0 radical (unpaired) electrons. The zero-order valence-corrected chi connectivity index (χ0v) is 10.2. The van der Waals surface area contributed by atoms with Gasteiger partial charge >= 0.3 is 0 Å². The third kappa shape index (κ3) is 7.16. The molecule has 0 fully saturated rings. The molecule has 0 spiro atoms. The van der Waals surface area contributed by atoms with Gasteiger partial charge in [-0.15, -0.1) is 0 Å². The number of rotatable bonds is 8. The monoisotopic (exact) mass is 287 g/mol. The van der Waals surface area contributed by atoms with Crippen molar-refractivity contribution >= 4 is 11.8 Å². The van der Waals surface area contributed by atoms with Gasteiger partial charge in [-0.3, -0.25) is 14.9 Å². The summed E-state index contributed by atoms with van der Waals surface area (Å²) in [5.74, 6) is -1.80. The largest absolute Gasteiger partial charge is 0.390 e. The van der Waals surface area contributed by atoms with Gasteiger partial charge in [-0.05, 0) is 11.1 Å². The maximum atomic E-state index is 11.3. The van der Waals surface area contributed by atoms with Crippen molar-refractivity contribution in [3.63, 3.8) is 0 Å². The fourth-order valence-corrected chi connectivity index (χ4v) is 1.14. The third-order valence-electron chi connectivity index (χ3n) is 2.07. The van der Waals surface area contributed by atoms with E-state index in [1.54, 1.807) is 5.32 Å². The second-order valence-corrected chi connectivity index (χ2v) is 3.60. The van der Waals surface area contributed by atoms with Crippen molar-refractivity contribution in [1.82, 2.24) is 5.32 Å². The minimum absolute atomic E-state index is 0.480. The highest BCUT2D eigenvalue weighted by atomic mass is 16.4. The van der Waals surface area contributed by atoms with Crippen LogP contribution < -0.4 is 5.32 Å². The molecule has 0 aliphatic heterocycles. The summed E-state index contributed by atoms with van der Waals surface area (Å²) < 4.78 is 0. The molecule has 0 saturated heterocycles. The van der Waals surface area contributed by atoms with Gasteiger partial charge in [-0.25, -0.2) is 0 Å². The summed E-state index contributed by atoms with van der Waals surface area (Å²) in [6.45, 7) is -1.06. The van der Waals surface area contributed by atoms with Gasteiger partial charge in [0.15, 0.2) is 0 Å². The molecule has 0 saturated carbocycles. The molecule has 12 heteroatoms. The molecular weight excluding hydrogens is 274 g/mol. The molecule has 0 aromatic heterocycles. The Morgan fingerprint density at radius 3 is 2.20 bits per heavy atom. The van der Waals surface area contributed by atoms with Gasteiger partial charge in [0, 0.05) is 9.82 Å². The summed E-state index contributed by atoms with van der Waals surface area (Å²) in [6, 6.07) is 0. The number of carbonyl (C=O) groups excluding carboxylic acids is 2. The van der Waals surface area contributed by atoms with Crippen LogP contribution in [0.2, 0.25) is 0 Å². The molecule has 2 amide bonds. The third-order valence-corrected chi connectivity index (χ3v) is 2.07. The summed E-state index contributed by atoms with van der Waals surface area (Å²) in [4.78, 5) is 26.9. The van der Waals surface area contributed by atoms with E-state index < -0.39 is 49.6 Å². The topological polar surface area (TPSA) is 204 Å². The molecule has 12 nitrogen and oxygen atoms in total.